The minimum atomic E-state index is -0.371. The predicted octanol–water partition coefficient (Wildman–Crippen LogP) is 4.28. The summed E-state index contributed by atoms with van der Waals surface area (Å²) < 4.78 is 40.5. The van der Waals surface area contributed by atoms with Crippen molar-refractivity contribution in [3.8, 4) is 17.2 Å². The van der Waals surface area contributed by atoms with Crippen molar-refractivity contribution in [2.75, 3.05) is 25.5 Å². The summed E-state index contributed by atoms with van der Waals surface area (Å²) in [5.41, 5.74) is 2.60. The van der Waals surface area contributed by atoms with Crippen LogP contribution in [-0.4, -0.2) is 35.8 Å². The van der Waals surface area contributed by atoms with E-state index >= 15 is 0 Å². The van der Waals surface area contributed by atoms with Gasteiger partial charge >= 0.3 is 0 Å². The summed E-state index contributed by atoms with van der Waals surface area (Å²) >= 11 is 1.32. The lowest BCUT2D eigenvalue weighted by Crippen LogP contribution is -2.03. The van der Waals surface area contributed by atoms with E-state index in [-0.39, 0.29) is 5.82 Å². The van der Waals surface area contributed by atoms with E-state index in [0.29, 0.717) is 36.1 Å². The zero-order valence-corrected chi connectivity index (χ0v) is 17.7. The fourth-order valence-corrected chi connectivity index (χ4v) is 4.52. The van der Waals surface area contributed by atoms with Gasteiger partial charge in [0, 0.05) is 12.0 Å². The van der Waals surface area contributed by atoms with Gasteiger partial charge in [-0.1, -0.05) is 11.2 Å². The zero-order chi connectivity index (χ0) is 21.4. The minimum Gasteiger partial charge on any atom is -0.495 e. The number of ether oxygens (including phenoxy) is 3. The molecule has 4 aromatic rings. The van der Waals surface area contributed by atoms with Crippen LogP contribution in [0, 0.1) is 5.82 Å². The van der Waals surface area contributed by atoms with Crippen molar-refractivity contribution in [1.29, 1.82) is 0 Å². The van der Waals surface area contributed by atoms with Crippen LogP contribution in [-0.2, 0) is 13.0 Å². The average Bonchev–Trinajstić information content (AvgIpc) is 3.51. The molecule has 2 aromatic heterocycles. The third kappa shape index (κ3) is 3.52. The Bertz CT molecular complexity index is 1230. The largest absolute Gasteiger partial charge is 0.495 e. The highest BCUT2D eigenvalue weighted by Crippen LogP contribution is 2.43. The highest BCUT2D eigenvalue weighted by molar-refractivity contribution is 8.00. The van der Waals surface area contributed by atoms with Crippen molar-refractivity contribution in [3.05, 3.63) is 53.6 Å². The molecule has 0 aliphatic carbocycles. The monoisotopic (exact) mass is 442 g/mol. The molecule has 0 fully saturated rings. The van der Waals surface area contributed by atoms with Crippen molar-refractivity contribution < 1.29 is 23.1 Å². The van der Waals surface area contributed by atoms with E-state index in [1.54, 1.807) is 18.9 Å². The second kappa shape index (κ2) is 8.03. The quantitative estimate of drug-likeness (QED) is 0.425. The van der Waals surface area contributed by atoms with Gasteiger partial charge in [0.2, 0.25) is 0 Å². The Balaban J connectivity index is 1.49. The van der Waals surface area contributed by atoms with E-state index in [1.807, 2.05) is 24.3 Å². The number of rotatable bonds is 7. The molecule has 160 valence electrons. The first-order valence-electron chi connectivity index (χ1n) is 9.56. The van der Waals surface area contributed by atoms with Gasteiger partial charge in [-0.25, -0.2) is 4.39 Å². The highest BCUT2D eigenvalue weighted by Gasteiger charge is 2.26. The molecule has 1 aliphatic heterocycles. The molecule has 2 aromatic carbocycles. The second-order valence-electron chi connectivity index (χ2n) is 6.90. The number of methoxy groups -OCH3 is 2. The van der Waals surface area contributed by atoms with Crippen LogP contribution in [0.4, 0.5) is 10.2 Å². The lowest BCUT2D eigenvalue weighted by Gasteiger charge is -2.12. The number of halogens is 1. The van der Waals surface area contributed by atoms with E-state index in [4.69, 9.17) is 18.7 Å². The fourth-order valence-electron chi connectivity index (χ4n) is 3.68. The smallest absolute Gasteiger partial charge is 0.191 e. The van der Waals surface area contributed by atoms with Crippen LogP contribution in [0.1, 0.15) is 11.1 Å². The van der Waals surface area contributed by atoms with E-state index in [0.717, 1.165) is 33.6 Å². The number of fused-ring (bicyclic) bond motifs is 3. The molecule has 3 heterocycles. The van der Waals surface area contributed by atoms with Crippen molar-refractivity contribution >= 4 is 28.7 Å². The third-order valence-electron chi connectivity index (χ3n) is 5.08. The maximum absolute atomic E-state index is 13.3. The van der Waals surface area contributed by atoms with Gasteiger partial charge in [0.25, 0.3) is 0 Å². The highest BCUT2D eigenvalue weighted by atomic mass is 32.2. The number of nitrogens with one attached hydrogen (secondary N) is 1. The Morgan fingerprint density at radius 1 is 1.26 bits per heavy atom. The third-order valence-corrected chi connectivity index (χ3v) is 5.98. The van der Waals surface area contributed by atoms with Gasteiger partial charge in [0.05, 0.1) is 39.8 Å². The first kappa shape index (κ1) is 19.6. The molecule has 31 heavy (non-hydrogen) atoms. The van der Waals surface area contributed by atoms with Crippen LogP contribution < -0.4 is 18.9 Å². The Morgan fingerprint density at radius 2 is 2.06 bits per heavy atom. The lowest BCUT2D eigenvalue weighted by molar-refractivity contribution is 0.360. The Labute approximate surface area is 181 Å². The van der Waals surface area contributed by atoms with Gasteiger partial charge in [-0.05, 0) is 35.7 Å². The number of aromatic nitrogens is 3. The lowest BCUT2D eigenvalue weighted by atomic mass is 10.0. The summed E-state index contributed by atoms with van der Waals surface area (Å²) in [5, 5.41) is 9.00. The van der Waals surface area contributed by atoms with Crippen LogP contribution in [0.15, 0.2) is 46.1 Å². The van der Waals surface area contributed by atoms with Crippen molar-refractivity contribution in [1.82, 2.24) is 14.9 Å². The number of hydrogen-bond acceptors (Lipinski definition) is 8. The minimum absolute atomic E-state index is 0.371. The Morgan fingerprint density at radius 3 is 2.77 bits per heavy atom. The molecule has 5 rings (SSSR count). The van der Waals surface area contributed by atoms with Gasteiger partial charge in [-0.2, -0.15) is 5.10 Å². The molecular formula is C21H19FN4O4S. The van der Waals surface area contributed by atoms with Crippen LogP contribution in [0.25, 0.3) is 11.0 Å². The normalized spacial score (nSPS) is 12.6. The van der Waals surface area contributed by atoms with E-state index in [1.165, 1.54) is 24.3 Å². The molecule has 0 radical (unpaired) electrons. The standard InChI is InChI=1S/C21H19FN4O4S/c1-27-15-4-3-5-16(28-2)20(15)31-25-21-18-17(30-24-21)8-12(14-6-7-29-19(14)18)10-26-11-13(22)9-23-26/h3-5,8-9,11H,6-7,10H2,1-2H3,(H,24,25). The fraction of sp³-hybridized carbons (Fsp3) is 0.238. The van der Waals surface area contributed by atoms with Crippen LogP contribution >= 0.6 is 11.9 Å². The molecule has 0 atom stereocenters. The maximum Gasteiger partial charge on any atom is 0.191 e. The van der Waals surface area contributed by atoms with Gasteiger partial charge in [-0.15, -0.1) is 0 Å². The molecule has 0 saturated carbocycles. The van der Waals surface area contributed by atoms with Gasteiger partial charge in [0.15, 0.2) is 17.2 Å². The molecule has 0 unspecified atom stereocenters. The summed E-state index contributed by atoms with van der Waals surface area (Å²) in [5.74, 6) is 2.27. The maximum atomic E-state index is 13.3. The molecule has 1 N–H and O–H groups in total. The van der Waals surface area contributed by atoms with Crippen LogP contribution in [0.2, 0.25) is 0 Å². The SMILES string of the molecule is COc1cccc(OC)c1SNc1noc2cc(Cn3cc(F)cn3)c3c(c12)OCC3. The molecule has 10 heteroatoms. The summed E-state index contributed by atoms with van der Waals surface area (Å²) in [6.07, 6.45) is 3.30. The number of anilines is 1. The van der Waals surface area contributed by atoms with E-state index < -0.39 is 0 Å². The van der Waals surface area contributed by atoms with E-state index in [9.17, 15) is 4.39 Å². The van der Waals surface area contributed by atoms with Gasteiger partial charge in [-0.3, -0.25) is 4.68 Å². The van der Waals surface area contributed by atoms with Crippen molar-refractivity contribution in [2.45, 2.75) is 17.9 Å². The first-order chi connectivity index (χ1) is 15.2. The topological polar surface area (TPSA) is 83.6 Å². The van der Waals surface area contributed by atoms with Gasteiger partial charge < -0.3 is 23.5 Å². The van der Waals surface area contributed by atoms with Crippen molar-refractivity contribution in [2.24, 2.45) is 0 Å². The predicted molar refractivity (Wildman–Crippen MR) is 114 cm³/mol. The molecular weight excluding hydrogens is 423 g/mol. The summed E-state index contributed by atoms with van der Waals surface area (Å²) in [7, 11) is 3.22. The molecule has 1 aliphatic rings. The van der Waals surface area contributed by atoms with E-state index in [2.05, 4.69) is 15.0 Å². The van der Waals surface area contributed by atoms with Gasteiger partial charge in [0.1, 0.15) is 27.5 Å². The zero-order valence-electron chi connectivity index (χ0n) is 16.8. The molecule has 0 bridgehead atoms. The van der Waals surface area contributed by atoms with Crippen molar-refractivity contribution in [3.63, 3.8) is 0 Å². The first-order valence-corrected chi connectivity index (χ1v) is 10.4. The average molecular weight is 442 g/mol. The molecule has 8 nitrogen and oxygen atoms in total. The molecule has 0 amide bonds. The summed E-state index contributed by atoms with van der Waals surface area (Å²) in [6, 6.07) is 7.49. The number of nitrogens with zero attached hydrogens (tertiary/aromatic N) is 3. The Kier molecular flexibility index (Phi) is 5.06. The molecule has 0 saturated heterocycles. The van der Waals surface area contributed by atoms with Crippen LogP contribution in [0.5, 0.6) is 17.2 Å². The molecule has 0 spiro atoms. The summed E-state index contributed by atoms with van der Waals surface area (Å²) in [6.45, 7) is 0.981. The number of benzene rings is 2. The number of hydrogen-bond donors (Lipinski definition) is 1. The van der Waals surface area contributed by atoms with Crippen LogP contribution in [0.3, 0.4) is 0 Å². The summed E-state index contributed by atoms with van der Waals surface area (Å²) in [4.78, 5) is 0.790. The second-order valence-corrected chi connectivity index (χ2v) is 7.71. The Hall–Kier alpha value is -3.40.